The minimum atomic E-state index is 0.826. The van der Waals surface area contributed by atoms with Crippen LogP contribution in [0.4, 0.5) is 0 Å². The summed E-state index contributed by atoms with van der Waals surface area (Å²) in [5, 5.41) is 15.0. The molecule has 0 unspecified atom stereocenters. The molecule has 0 heterocycles. The first-order chi connectivity index (χ1) is 7.90. The van der Waals surface area contributed by atoms with Gasteiger partial charge in [-0.25, -0.2) is 0 Å². The van der Waals surface area contributed by atoms with Crippen molar-refractivity contribution < 1.29 is 5.21 Å². The second-order valence-corrected chi connectivity index (χ2v) is 4.21. The number of nitrogens with zero attached hydrogens (tertiary/aromatic N) is 1. The van der Waals surface area contributed by atoms with Crippen LogP contribution >= 0.6 is 0 Å². The minimum Gasteiger partial charge on any atom is -0.411 e. The molecule has 0 atom stereocenters. The number of benzene rings is 2. The molecule has 2 aromatic rings. The van der Waals surface area contributed by atoms with Crippen molar-refractivity contribution in [2.45, 2.75) is 19.3 Å². The van der Waals surface area contributed by atoms with E-state index in [0.717, 1.165) is 30.5 Å². The molecule has 80 valence electrons. The molecule has 0 spiro atoms. The molecule has 1 aliphatic rings. The van der Waals surface area contributed by atoms with E-state index in [9.17, 15) is 0 Å². The number of hydrogen-bond acceptors (Lipinski definition) is 2. The molecule has 1 N–H and O–H groups in total. The molecule has 0 amide bonds. The lowest BCUT2D eigenvalue weighted by molar-refractivity contribution is 0.317. The lowest BCUT2D eigenvalue weighted by Gasteiger charge is -2.18. The highest BCUT2D eigenvalue weighted by molar-refractivity contribution is 6.06. The molecule has 2 aromatic carbocycles. The van der Waals surface area contributed by atoms with E-state index >= 15 is 0 Å². The number of hydrogen-bond donors (Lipinski definition) is 1. The van der Waals surface area contributed by atoms with Crippen LogP contribution in [-0.4, -0.2) is 10.9 Å². The highest BCUT2D eigenvalue weighted by Crippen LogP contribution is 2.29. The van der Waals surface area contributed by atoms with E-state index < -0.39 is 0 Å². The second-order valence-electron chi connectivity index (χ2n) is 4.21. The van der Waals surface area contributed by atoms with Crippen molar-refractivity contribution >= 4 is 16.5 Å². The van der Waals surface area contributed by atoms with E-state index in [0.29, 0.717) is 0 Å². The number of rotatable bonds is 0. The summed E-state index contributed by atoms with van der Waals surface area (Å²) in [5.74, 6) is 0. The predicted molar refractivity (Wildman–Crippen MR) is 65.2 cm³/mol. The highest BCUT2D eigenvalue weighted by Gasteiger charge is 2.17. The van der Waals surface area contributed by atoms with Gasteiger partial charge in [0.05, 0.1) is 5.71 Å². The van der Waals surface area contributed by atoms with E-state index in [1.807, 2.05) is 0 Å². The summed E-state index contributed by atoms with van der Waals surface area (Å²) < 4.78 is 0. The van der Waals surface area contributed by atoms with Gasteiger partial charge in [-0.05, 0) is 35.6 Å². The average Bonchev–Trinajstić information content (AvgIpc) is 2.37. The minimum absolute atomic E-state index is 0.826. The second kappa shape index (κ2) is 3.63. The molecule has 0 aliphatic heterocycles. The van der Waals surface area contributed by atoms with Gasteiger partial charge < -0.3 is 5.21 Å². The molecule has 2 nitrogen and oxygen atoms in total. The SMILES string of the molecule is O/N=C1\CCCc2c1ccc1ccccc21. The summed E-state index contributed by atoms with van der Waals surface area (Å²) in [4.78, 5) is 0. The molecule has 0 aromatic heterocycles. The fourth-order valence-electron chi connectivity index (χ4n) is 2.55. The van der Waals surface area contributed by atoms with Crippen LogP contribution < -0.4 is 0 Å². The Balaban J connectivity index is 2.34. The van der Waals surface area contributed by atoms with Crippen LogP contribution in [0.5, 0.6) is 0 Å². The van der Waals surface area contributed by atoms with Crippen molar-refractivity contribution in [1.82, 2.24) is 0 Å². The molecule has 0 saturated heterocycles. The summed E-state index contributed by atoms with van der Waals surface area (Å²) in [6.07, 6.45) is 3.03. The molecule has 0 saturated carbocycles. The van der Waals surface area contributed by atoms with Crippen molar-refractivity contribution in [2.75, 3.05) is 0 Å². The molecule has 0 radical (unpaired) electrons. The first kappa shape index (κ1) is 9.40. The van der Waals surface area contributed by atoms with Gasteiger partial charge >= 0.3 is 0 Å². The van der Waals surface area contributed by atoms with Crippen molar-refractivity contribution in [1.29, 1.82) is 0 Å². The standard InChI is InChI=1S/C14H13NO/c16-15-14-7-3-6-12-11-5-2-1-4-10(11)8-9-13(12)14/h1-2,4-5,8-9,16H,3,6-7H2/b15-14+. The van der Waals surface area contributed by atoms with Crippen LogP contribution in [0.2, 0.25) is 0 Å². The van der Waals surface area contributed by atoms with Gasteiger partial charge in [0, 0.05) is 5.56 Å². The Labute approximate surface area is 94.2 Å². The Hall–Kier alpha value is -1.83. The average molecular weight is 211 g/mol. The van der Waals surface area contributed by atoms with Crippen LogP contribution in [-0.2, 0) is 6.42 Å². The van der Waals surface area contributed by atoms with Crippen LogP contribution in [0.15, 0.2) is 41.6 Å². The summed E-state index contributed by atoms with van der Waals surface area (Å²) in [7, 11) is 0. The zero-order valence-electron chi connectivity index (χ0n) is 8.98. The Bertz CT molecular complexity index is 572. The Morgan fingerprint density at radius 3 is 2.75 bits per heavy atom. The first-order valence-electron chi connectivity index (χ1n) is 5.62. The van der Waals surface area contributed by atoms with E-state index in [-0.39, 0.29) is 0 Å². The zero-order valence-corrected chi connectivity index (χ0v) is 8.98. The largest absolute Gasteiger partial charge is 0.411 e. The predicted octanol–water partition coefficient (Wildman–Crippen LogP) is 3.35. The Kier molecular flexibility index (Phi) is 2.13. The van der Waals surface area contributed by atoms with Crippen LogP contribution in [0.25, 0.3) is 10.8 Å². The first-order valence-corrected chi connectivity index (χ1v) is 5.62. The summed E-state index contributed by atoms with van der Waals surface area (Å²) >= 11 is 0. The van der Waals surface area contributed by atoms with E-state index in [2.05, 4.69) is 41.6 Å². The third-order valence-corrected chi connectivity index (χ3v) is 3.31. The maximum absolute atomic E-state index is 9.00. The Morgan fingerprint density at radius 1 is 1.00 bits per heavy atom. The molecule has 1 aliphatic carbocycles. The summed E-state index contributed by atoms with van der Waals surface area (Å²) in [6, 6.07) is 12.6. The lowest BCUT2D eigenvalue weighted by atomic mass is 9.86. The van der Waals surface area contributed by atoms with Gasteiger partial charge in [-0.2, -0.15) is 0 Å². The molecule has 0 fully saturated rings. The van der Waals surface area contributed by atoms with Crippen molar-refractivity contribution in [2.24, 2.45) is 5.16 Å². The van der Waals surface area contributed by atoms with Gasteiger partial charge in [-0.15, -0.1) is 0 Å². The molecule has 3 rings (SSSR count). The third-order valence-electron chi connectivity index (χ3n) is 3.31. The van der Waals surface area contributed by atoms with Gasteiger partial charge in [0.1, 0.15) is 0 Å². The molecular formula is C14H13NO. The van der Waals surface area contributed by atoms with E-state index in [4.69, 9.17) is 5.21 Å². The van der Waals surface area contributed by atoms with E-state index in [1.54, 1.807) is 0 Å². The molecule has 0 bridgehead atoms. The monoisotopic (exact) mass is 211 g/mol. The van der Waals surface area contributed by atoms with Crippen molar-refractivity contribution in [3.8, 4) is 0 Å². The van der Waals surface area contributed by atoms with Crippen LogP contribution in [0.3, 0.4) is 0 Å². The Morgan fingerprint density at radius 2 is 1.88 bits per heavy atom. The van der Waals surface area contributed by atoms with Gasteiger partial charge in [-0.1, -0.05) is 41.6 Å². The fourth-order valence-corrected chi connectivity index (χ4v) is 2.55. The smallest absolute Gasteiger partial charge is 0.0870 e. The number of oxime groups is 1. The van der Waals surface area contributed by atoms with Crippen molar-refractivity contribution in [3.63, 3.8) is 0 Å². The highest BCUT2D eigenvalue weighted by atomic mass is 16.4. The fraction of sp³-hybridized carbons (Fsp3) is 0.214. The molecular weight excluding hydrogens is 198 g/mol. The normalized spacial score (nSPS) is 17.6. The van der Waals surface area contributed by atoms with Gasteiger partial charge in [0.15, 0.2) is 0 Å². The zero-order chi connectivity index (χ0) is 11.0. The lowest BCUT2D eigenvalue weighted by Crippen LogP contribution is -2.12. The van der Waals surface area contributed by atoms with Gasteiger partial charge in [-0.3, -0.25) is 0 Å². The van der Waals surface area contributed by atoms with Crippen LogP contribution in [0, 0.1) is 0 Å². The summed E-state index contributed by atoms with van der Waals surface area (Å²) in [6.45, 7) is 0. The quantitative estimate of drug-likeness (QED) is 0.526. The maximum Gasteiger partial charge on any atom is 0.0870 e. The van der Waals surface area contributed by atoms with E-state index in [1.165, 1.54) is 16.3 Å². The van der Waals surface area contributed by atoms with Crippen LogP contribution in [0.1, 0.15) is 24.0 Å². The number of aryl methyl sites for hydroxylation is 1. The van der Waals surface area contributed by atoms with Crippen molar-refractivity contribution in [3.05, 3.63) is 47.5 Å². The number of fused-ring (bicyclic) bond motifs is 3. The molecule has 16 heavy (non-hydrogen) atoms. The van der Waals surface area contributed by atoms with Gasteiger partial charge in [0.2, 0.25) is 0 Å². The maximum atomic E-state index is 9.00. The third kappa shape index (κ3) is 1.30. The topological polar surface area (TPSA) is 32.6 Å². The molecule has 2 heteroatoms. The van der Waals surface area contributed by atoms with Gasteiger partial charge in [0.25, 0.3) is 0 Å². The summed E-state index contributed by atoms with van der Waals surface area (Å²) in [5.41, 5.74) is 3.27.